The van der Waals surface area contributed by atoms with Crippen LogP contribution in [0, 0.1) is 13.8 Å². The third-order valence-corrected chi connectivity index (χ3v) is 4.56. The summed E-state index contributed by atoms with van der Waals surface area (Å²) in [5.41, 5.74) is 5.44. The molecule has 0 saturated heterocycles. The van der Waals surface area contributed by atoms with Crippen molar-refractivity contribution in [1.29, 1.82) is 0 Å². The maximum Gasteiger partial charge on any atom is 0.0358 e. The van der Waals surface area contributed by atoms with Crippen molar-refractivity contribution in [2.45, 2.75) is 38.1 Å². The van der Waals surface area contributed by atoms with Crippen LogP contribution in [0.5, 0.6) is 0 Å². The largest absolute Gasteiger partial charge is 0.313 e. The molecule has 0 aliphatic rings. The van der Waals surface area contributed by atoms with Crippen molar-refractivity contribution in [2.75, 3.05) is 12.8 Å². The third kappa shape index (κ3) is 4.62. The lowest BCUT2D eigenvalue weighted by atomic mass is 9.97. The molecule has 0 aromatic heterocycles. The molecule has 2 aromatic carbocycles. The molecule has 0 aliphatic carbocycles. The highest BCUT2D eigenvalue weighted by atomic mass is 32.2. The van der Waals surface area contributed by atoms with Crippen molar-refractivity contribution in [3.8, 4) is 0 Å². The fraction of sp³-hybridized carbons (Fsp3) is 0.368. The second-order valence-corrected chi connectivity index (χ2v) is 6.88. The van der Waals surface area contributed by atoms with Crippen LogP contribution >= 0.6 is 11.8 Å². The first-order valence-electron chi connectivity index (χ1n) is 7.59. The summed E-state index contributed by atoms with van der Waals surface area (Å²) in [6.45, 7) is 6.53. The van der Waals surface area contributed by atoms with Gasteiger partial charge in [-0.05, 0) is 56.3 Å². The van der Waals surface area contributed by atoms with E-state index in [-0.39, 0.29) is 0 Å². The topological polar surface area (TPSA) is 12.0 Å². The first-order chi connectivity index (χ1) is 10.1. The fourth-order valence-corrected chi connectivity index (χ4v) is 3.43. The van der Waals surface area contributed by atoms with Gasteiger partial charge in [-0.15, -0.1) is 11.8 Å². The fourth-order valence-electron chi connectivity index (χ4n) is 2.77. The van der Waals surface area contributed by atoms with Gasteiger partial charge in [0.15, 0.2) is 0 Å². The smallest absolute Gasteiger partial charge is 0.0358 e. The third-order valence-electron chi connectivity index (χ3n) is 3.66. The van der Waals surface area contributed by atoms with E-state index in [4.69, 9.17) is 0 Å². The normalized spacial score (nSPS) is 12.4. The number of aryl methyl sites for hydroxylation is 2. The predicted molar refractivity (Wildman–Crippen MR) is 94.3 cm³/mol. The van der Waals surface area contributed by atoms with E-state index in [1.54, 1.807) is 0 Å². The van der Waals surface area contributed by atoms with Gasteiger partial charge in [-0.2, -0.15) is 0 Å². The van der Waals surface area contributed by atoms with Crippen LogP contribution in [0.1, 0.15) is 35.2 Å². The second-order valence-electron chi connectivity index (χ2n) is 5.54. The summed E-state index contributed by atoms with van der Waals surface area (Å²) in [6.07, 6.45) is 1.03. The molecule has 0 aliphatic heterocycles. The van der Waals surface area contributed by atoms with E-state index in [0.29, 0.717) is 6.04 Å². The zero-order valence-corrected chi connectivity index (χ0v) is 14.3. The molecule has 2 aromatic rings. The number of benzene rings is 2. The molecule has 0 bridgehead atoms. The average Bonchev–Trinajstić information content (AvgIpc) is 2.45. The number of thioether (sulfide) groups is 1. The van der Waals surface area contributed by atoms with Gasteiger partial charge in [0, 0.05) is 10.9 Å². The Kier molecular flexibility index (Phi) is 5.89. The molecule has 0 radical (unpaired) electrons. The molecule has 112 valence electrons. The van der Waals surface area contributed by atoms with Crippen molar-refractivity contribution in [2.24, 2.45) is 0 Å². The van der Waals surface area contributed by atoms with Crippen LogP contribution in [-0.4, -0.2) is 12.8 Å². The molecule has 0 heterocycles. The van der Waals surface area contributed by atoms with Crippen molar-refractivity contribution in [3.05, 3.63) is 64.7 Å². The summed E-state index contributed by atoms with van der Waals surface area (Å²) >= 11 is 1.89. The predicted octanol–water partition coefficient (Wildman–Crippen LogP) is 4.92. The Morgan fingerprint density at radius 1 is 1.00 bits per heavy atom. The SMILES string of the molecule is CCSc1ccc(C(Cc2cc(C)cc(C)c2)NC)cc1. The molecule has 0 amide bonds. The van der Waals surface area contributed by atoms with Crippen molar-refractivity contribution in [3.63, 3.8) is 0 Å². The molecule has 2 heteroatoms. The van der Waals surface area contributed by atoms with E-state index in [1.807, 2.05) is 18.8 Å². The van der Waals surface area contributed by atoms with E-state index < -0.39 is 0 Å². The number of nitrogens with one attached hydrogen (secondary N) is 1. The van der Waals surface area contributed by atoms with Gasteiger partial charge in [-0.25, -0.2) is 0 Å². The van der Waals surface area contributed by atoms with Crippen LogP contribution in [0.4, 0.5) is 0 Å². The highest BCUT2D eigenvalue weighted by molar-refractivity contribution is 7.99. The number of hydrogen-bond donors (Lipinski definition) is 1. The van der Waals surface area contributed by atoms with Gasteiger partial charge < -0.3 is 5.32 Å². The van der Waals surface area contributed by atoms with Gasteiger partial charge >= 0.3 is 0 Å². The molecule has 0 saturated carbocycles. The van der Waals surface area contributed by atoms with Gasteiger partial charge in [-0.1, -0.05) is 48.4 Å². The summed E-state index contributed by atoms with van der Waals surface area (Å²) in [7, 11) is 2.04. The van der Waals surface area contributed by atoms with Gasteiger partial charge in [0.05, 0.1) is 0 Å². The number of rotatable bonds is 6. The highest BCUT2D eigenvalue weighted by Gasteiger charge is 2.10. The van der Waals surface area contributed by atoms with Crippen LogP contribution < -0.4 is 5.32 Å². The van der Waals surface area contributed by atoms with Gasteiger partial charge in [0.1, 0.15) is 0 Å². The molecular formula is C19H25NS. The van der Waals surface area contributed by atoms with Crippen LogP contribution in [0.3, 0.4) is 0 Å². The minimum absolute atomic E-state index is 0.367. The second kappa shape index (κ2) is 7.67. The van der Waals surface area contributed by atoms with Crippen molar-refractivity contribution >= 4 is 11.8 Å². The Hall–Kier alpha value is -1.25. The molecule has 0 fully saturated rings. The van der Waals surface area contributed by atoms with E-state index in [2.05, 4.69) is 68.6 Å². The minimum Gasteiger partial charge on any atom is -0.313 e. The van der Waals surface area contributed by atoms with Gasteiger partial charge in [-0.3, -0.25) is 0 Å². The maximum absolute atomic E-state index is 3.45. The molecule has 2 rings (SSSR count). The molecule has 1 atom stereocenters. The first kappa shape index (κ1) is 16.1. The highest BCUT2D eigenvalue weighted by Crippen LogP contribution is 2.23. The summed E-state index contributed by atoms with van der Waals surface area (Å²) in [5.74, 6) is 1.12. The lowest BCUT2D eigenvalue weighted by Crippen LogP contribution is -2.18. The Bertz CT molecular complexity index is 554. The van der Waals surface area contributed by atoms with Crippen LogP contribution in [0.2, 0.25) is 0 Å². The molecule has 0 spiro atoms. The van der Waals surface area contributed by atoms with Gasteiger partial charge in [0.25, 0.3) is 0 Å². The number of likely N-dealkylation sites (N-methyl/N-ethyl adjacent to an activating group) is 1. The zero-order valence-electron chi connectivity index (χ0n) is 13.4. The van der Waals surface area contributed by atoms with E-state index in [9.17, 15) is 0 Å². The standard InChI is InChI=1S/C19H25NS/c1-5-21-18-8-6-17(7-9-18)19(20-4)13-16-11-14(2)10-15(3)12-16/h6-12,19-20H,5,13H2,1-4H3. The Labute approximate surface area is 133 Å². The Morgan fingerprint density at radius 3 is 2.14 bits per heavy atom. The summed E-state index contributed by atoms with van der Waals surface area (Å²) < 4.78 is 0. The van der Waals surface area contributed by atoms with Crippen LogP contribution in [0.25, 0.3) is 0 Å². The minimum atomic E-state index is 0.367. The Morgan fingerprint density at radius 2 is 1.62 bits per heavy atom. The van der Waals surface area contributed by atoms with Crippen molar-refractivity contribution in [1.82, 2.24) is 5.32 Å². The van der Waals surface area contributed by atoms with Crippen LogP contribution in [-0.2, 0) is 6.42 Å². The molecule has 1 N–H and O–H groups in total. The quantitative estimate of drug-likeness (QED) is 0.760. The molecular weight excluding hydrogens is 274 g/mol. The Balaban J connectivity index is 2.15. The van der Waals surface area contributed by atoms with Crippen molar-refractivity contribution < 1.29 is 0 Å². The lowest BCUT2D eigenvalue weighted by Gasteiger charge is -2.18. The monoisotopic (exact) mass is 299 g/mol. The molecule has 1 unspecified atom stereocenters. The summed E-state index contributed by atoms with van der Waals surface area (Å²) in [6, 6.07) is 16.1. The first-order valence-corrected chi connectivity index (χ1v) is 8.58. The number of hydrogen-bond acceptors (Lipinski definition) is 2. The van der Waals surface area contributed by atoms with E-state index in [1.165, 1.54) is 27.1 Å². The van der Waals surface area contributed by atoms with Crippen LogP contribution in [0.15, 0.2) is 47.4 Å². The molecule has 21 heavy (non-hydrogen) atoms. The summed E-state index contributed by atoms with van der Waals surface area (Å²) in [4.78, 5) is 1.35. The lowest BCUT2D eigenvalue weighted by molar-refractivity contribution is 0.591. The average molecular weight is 299 g/mol. The maximum atomic E-state index is 3.45. The molecule has 1 nitrogen and oxygen atoms in total. The van der Waals surface area contributed by atoms with E-state index in [0.717, 1.165) is 12.2 Å². The van der Waals surface area contributed by atoms with Gasteiger partial charge in [0.2, 0.25) is 0 Å². The summed E-state index contributed by atoms with van der Waals surface area (Å²) in [5, 5.41) is 3.45. The zero-order chi connectivity index (χ0) is 15.2. The van der Waals surface area contributed by atoms with E-state index >= 15 is 0 Å².